The molecule has 3 heterocycles. The number of ether oxygens (including phenoxy) is 1. The van der Waals surface area contributed by atoms with E-state index in [-0.39, 0.29) is 16.8 Å². The van der Waals surface area contributed by atoms with Gasteiger partial charge in [-0.1, -0.05) is 0 Å². The van der Waals surface area contributed by atoms with E-state index in [0.29, 0.717) is 24.4 Å². The van der Waals surface area contributed by atoms with Gasteiger partial charge in [0.2, 0.25) is 10.0 Å². The van der Waals surface area contributed by atoms with Gasteiger partial charge in [-0.3, -0.25) is 0 Å². The molecule has 0 bridgehead atoms. The second kappa shape index (κ2) is 7.99. The normalized spacial score (nSPS) is 15.9. The van der Waals surface area contributed by atoms with Crippen LogP contribution in [0.15, 0.2) is 47.5 Å². The molecule has 1 aromatic carbocycles. The van der Waals surface area contributed by atoms with Crippen molar-refractivity contribution >= 4 is 10.0 Å². The summed E-state index contributed by atoms with van der Waals surface area (Å²) in [6, 6.07) is 9.11. The van der Waals surface area contributed by atoms with Crippen LogP contribution >= 0.6 is 0 Å². The summed E-state index contributed by atoms with van der Waals surface area (Å²) in [6.45, 7) is 2.37. The molecule has 0 spiro atoms. The van der Waals surface area contributed by atoms with Crippen LogP contribution in [-0.4, -0.2) is 36.3 Å². The summed E-state index contributed by atoms with van der Waals surface area (Å²) in [4.78, 5) is 4.17. The number of sulfonamides is 1. The zero-order valence-electron chi connectivity index (χ0n) is 16.4. The average Bonchev–Trinajstić information content (AvgIpc) is 3.10. The zero-order valence-corrected chi connectivity index (χ0v) is 17.2. The van der Waals surface area contributed by atoms with Crippen molar-refractivity contribution in [3.63, 3.8) is 0 Å². The molecule has 1 atom stereocenters. The first-order chi connectivity index (χ1) is 14.4. The summed E-state index contributed by atoms with van der Waals surface area (Å²) >= 11 is 0. The van der Waals surface area contributed by atoms with Crippen LogP contribution in [0.2, 0.25) is 0 Å². The second-order valence-electron chi connectivity index (χ2n) is 6.82. The third-order valence-electron chi connectivity index (χ3n) is 4.78. The highest BCUT2D eigenvalue weighted by atomic mass is 32.2. The maximum Gasteiger partial charge on any atom is 0.241 e. The van der Waals surface area contributed by atoms with Crippen molar-refractivity contribution in [3.8, 4) is 17.5 Å². The molecular formula is C21H19FN4O3S. The van der Waals surface area contributed by atoms with E-state index in [1.807, 2.05) is 6.92 Å². The Bertz CT molecular complexity index is 1240. The van der Waals surface area contributed by atoms with Crippen molar-refractivity contribution in [2.24, 2.45) is 0 Å². The molecule has 0 fully saturated rings. The molecule has 7 nitrogen and oxygen atoms in total. The van der Waals surface area contributed by atoms with Gasteiger partial charge in [-0.05, 0) is 62.2 Å². The Morgan fingerprint density at radius 3 is 2.63 bits per heavy atom. The molecule has 2 aromatic heterocycles. The lowest BCUT2D eigenvalue weighted by atomic mass is 10.1. The van der Waals surface area contributed by atoms with E-state index < -0.39 is 10.0 Å². The number of hydrogen-bond acceptors (Lipinski definition) is 5. The molecule has 1 N–H and O–H groups in total. The minimum Gasteiger partial charge on any atom is -0.373 e. The fraction of sp³-hybridized carbons (Fsp3) is 0.238. The molecule has 0 amide bonds. The first-order valence-corrected chi connectivity index (χ1v) is 10.8. The van der Waals surface area contributed by atoms with E-state index >= 15 is 0 Å². The quantitative estimate of drug-likeness (QED) is 0.649. The van der Waals surface area contributed by atoms with E-state index in [1.54, 1.807) is 22.9 Å². The third kappa shape index (κ3) is 3.98. The lowest BCUT2D eigenvalue weighted by Crippen LogP contribution is -2.21. The summed E-state index contributed by atoms with van der Waals surface area (Å²) in [5, 5.41) is 4.62. The maximum absolute atomic E-state index is 13.3. The van der Waals surface area contributed by atoms with Crippen LogP contribution in [0.5, 0.6) is 0 Å². The number of rotatable bonds is 3. The highest BCUT2D eigenvalue weighted by Gasteiger charge is 2.25. The van der Waals surface area contributed by atoms with Gasteiger partial charge < -0.3 is 4.74 Å². The number of nitrogens with one attached hydrogen (secondary N) is 1. The van der Waals surface area contributed by atoms with Gasteiger partial charge in [0.15, 0.2) is 0 Å². The van der Waals surface area contributed by atoms with Crippen LogP contribution in [-0.2, 0) is 27.8 Å². The first-order valence-electron chi connectivity index (χ1n) is 9.27. The highest BCUT2D eigenvalue weighted by Crippen LogP contribution is 2.26. The van der Waals surface area contributed by atoms with E-state index in [1.165, 1.54) is 31.4 Å². The van der Waals surface area contributed by atoms with Crippen molar-refractivity contribution in [2.75, 3.05) is 7.05 Å². The standard InChI is InChI=1S/C21H19FN4O3S/c1-14-11-21-19(13-29-14)20(25-26(21)17-7-3-15(22)4-8-17)10-6-16-5-9-18(12-24-16)30(27,28)23-2/h3-5,7-9,12,14,23H,11,13H2,1-2H3/t14-/m0/s1. The zero-order chi connectivity index (χ0) is 21.3. The molecule has 154 valence electrons. The lowest BCUT2D eigenvalue weighted by Gasteiger charge is -2.20. The van der Waals surface area contributed by atoms with Crippen molar-refractivity contribution in [1.82, 2.24) is 19.5 Å². The molecule has 9 heteroatoms. The Kier molecular flexibility index (Phi) is 5.39. The minimum atomic E-state index is -3.55. The molecule has 0 aliphatic carbocycles. The summed E-state index contributed by atoms with van der Waals surface area (Å²) in [5.41, 5.74) is 3.58. The Labute approximate surface area is 174 Å². The van der Waals surface area contributed by atoms with Crippen LogP contribution in [0, 0.1) is 17.7 Å². The van der Waals surface area contributed by atoms with Crippen molar-refractivity contribution in [2.45, 2.75) is 31.0 Å². The molecule has 0 radical (unpaired) electrons. The highest BCUT2D eigenvalue weighted by molar-refractivity contribution is 7.89. The summed E-state index contributed by atoms with van der Waals surface area (Å²) in [5.74, 6) is 5.63. The Balaban J connectivity index is 1.71. The van der Waals surface area contributed by atoms with Crippen LogP contribution in [0.1, 0.15) is 29.6 Å². The van der Waals surface area contributed by atoms with Gasteiger partial charge in [-0.2, -0.15) is 5.10 Å². The number of aromatic nitrogens is 3. The molecule has 30 heavy (non-hydrogen) atoms. The smallest absolute Gasteiger partial charge is 0.241 e. The Hall–Kier alpha value is -3.06. The van der Waals surface area contributed by atoms with Crippen molar-refractivity contribution in [1.29, 1.82) is 0 Å². The van der Waals surface area contributed by atoms with Crippen molar-refractivity contribution < 1.29 is 17.5 Å². The van der Waals surface area contributed by atoms with Crippen LogP contribution < -0.4 is 4.72 Å². The Morgan fingerprint density at radius 2 is 1.97 bits per heavy atom. The van der Waals surface area contributed by atoms with Crippen LogP contribution in [0.25, 0.3) is 5.69 Å². The predicted octanol–water partition coefficient (Wildman–Crippen LogP) is 2.18. The monoisotopic (exact) mass is 426 g/mol. The van der Waals surface area contributed by atoms with E-state index in [2.05, 4.69) is 26.6 Å². The second-order valence-corrected chi connectivity index (χ2v) is 8.71. The van der Waals surface area contributed by atoms with Crippen LogP contribution in [0.3, 0.4) is 0 Å². The van der Waals surface area contributed by atoms with E-state index in [0.717, 1.165) is 16.9 Å². The number of hydrogen-bond donors (Lipinski definition) is 1. The Morgan fingerprint density at radius 1 is 1.20 bits per heavy atom. The van der Waals surface area contributed by atoms with Gasteiger partial charge in [-0.15, -0.1) is 0 Å². The number of fused-ring (bicyclic) bond motifs is 1. The number of nitrogens with zero attached hydrogens (tertiary/aromatic N) is 3. The SMILES string of the molecule is CNS(=O)(=O)c1ccc(C#Cc2nn(-c3ccc(F)cc3)c3c2CO[C@@H](C)C3)nc1. The third-order valence-corrected chi connectivity index (χ3v) is 6.18. The molecule has 1 aliphatic heterocycles. The number of halogens is 1. The maximum atomic E-state index is 13.3. The predicted molar refractivity (Wildman–Crippen MR) is 108 cm³/mol. The molecule has 1 aliphatic rings. The fourth-order valence-electron chi connectivity index (χ4n) is 3.15. The van der Waals surface area contributed by atoms with Gasteiger partial charge in [-0.25, -0.2) is 27.2 Å². The van der Waals surface area contributed by atoms with Gasteiger partial charge in [0, 0.05) is 18.2 Å². The van der Waals surface area contributed by atoms with E-state index in [4.69, 9.17) is 4.74 Å². The minimum absolute atomic E-state index is 0.0394. The number of benzene rings is 1. The molecule has 4 rings (SSSR count). The summed E-state index contributed by atoms with van der Waals surface area (Å²) in [7, 11) is -2.21. The first kappa shape index (κ1) is 20.2. The molecule has 0 saturated carbocycles. The fourth-order valence-corrected chi connectivity index (χ4v) is 3.83. The van der Waals surface area contributed by atoms with Gasteiger partial charge in [0.05, 0.1) is 24.1 Å². The van der Waals surface area contributed by atoms with Gasteiger partial charge in [0.1, 0.15) is 22.1 Å². The molecule has 0 unspecified atom stereocenters. The molecule has 3 aromatic rings. The largest absolute Gasteiger partial charge is 0.373 e. The van der Waals surface area contributed by atoms with Crippen LogP contribution in [0.4, 0.5) is 4.39 Å². The van der Waals surface area contributed by atoms with Gasteiger partial charge in [0.25, 0.3) is 0 Å². The lowest BCUT2D eigenvalue weighted by molar-refractivity contribution is 0.0397. The van der Waals surface area contributed by atoms with Gasteiger partial charge >= 0.3 is 0 Å². The molecule has 0 saturated heterocycles. The van der Waals surface area contributed by atoms with E-state index in [9.17, 15) is 12.8 Å². The average molecular weight is 426 g/mol. The van der Waals surface area contributed by atoms with Crippen molar-refractivity contribution in [3.05, 3.63) is 71.1 Å². The summed E-state index contributed by atoms with van der Waals surface area (Å²) < 4.78 is 46.7. The molecular weight excluding hydrogens is 407 g/mol. The topological polar surface area (TPSA) is 86.1 Å². The summed E-state index contributed by atoms with van der Waals surface area (Å²) in [6.07, 6.45) is 1.96. The number of pyridine rings is 1.